The van der Waals surface area contributed by atoms with E-state index in [0.717, 1.165) is 6.42 Å². The van der Waals surface area contributed by atoms with Gasteiger partial charge in [-0.05, 0) is 57.9 Å². The van der Waals surface area contributed by atoms with Gasteiger partial charge in [0.2, 0.25) is 0 Å². The van der Waals surface area contributed by atoms with Gasteiger partial charge in [0.25, 0.3) is 0 Å². The van der Waals surface area contributed by atoms with Gasteiger partial charge in [-0.15, -0.1) is 0 Å². The second-order valence-corrected chi connectivity index (χ2v) is 6.32. The molecule has 1 amide bonds. The minimum absolute atomic E-state index is 0.412. The van der Waals surface area contributed by atoms with Crippen molar-refractivity contribution in [3.63, 3.8) is 0 Å². The Kier molecular flexibility index (Phi) is 4.59. The van der Waals surface area contributed by atoms with Crippen LogP contribution >= 0.6 is 0 Å². The number of likely N-dealkylation sites (tertiary alicyclic amines) is 1. The third kappa shape index (κ3) is 4.13. The Labute approximate surface area is 130 Å². The Bertz CT molecular complexity index is 548. The predicted octanol–water partition coefficient (Wildman–Crippen LogP) is 2.57. The molecule has 1 aromatic carbocycles. The molecule has 0 saturated carbocycles. The normalized spacial score (nSPS) is 18.1. The van der Waals surface area contributed by atoms with Crippen LogP contribution in [0, 0.1) is 0 Å². The molecule has 1 unspecified atom stereocenters. The number of hydrogen-bond acceptors (Lipinski definition) is 5. The van der Waals surface area contributed by atoms with Crippen LogP contribution in [-0.2, 0) is 9.53 Å². The minimum Gasteiger partial charge on any atom is -0.444 e. The van der Waals surface area contributed by atoms with E-state index in [0.29, 0.717) is 24.4 Å². The molecule has 1 atom stereocenters. The van der Waals surface area contributed by atoms with Crippen LogP contribution in [0.3, 0.4) is 0 Å². The van der Waals surface area contributed by atoms with Gasteiger partial charge in [0, 0.05) is 12.2 Å². The zero-order valence-electron chi connectivity index (χ0n) is 13.2. The molecule has 0 bridgehead atoms. The van der Waals surface area contributed by atoms with Gasteiger partial charge in [0.15, 0.2) is 0 Å². The lowest BCUT2D eigenvalue weighted by Gasteiger charge is -2.27. The zero-order valence-corrected chi connectivity index (χ0v) is 13.2. The van der Waals surface area contributed by atoms with Crippen molar-refractivity contribution in [3.05, 3.63) is 24.3 Å². The van der Waals surface area contributed by atoms with Crippen molar-refractivity contribution >= 4 is 17.7 Å². The number of anilines is 1. The Morgan fingerprint density at radius 2 is 1.86 bits per heavy atom. The quantitative estimate of drug-likeness (QED) is 0.516. The molecule has 120 valence electrons. The minimum atomic E-state index is -0.604. The van der Waals surface area contributed by atoms with E-state index in [1.54, 1.807) is 45.0 Å². The number of hydrogen-bond donors (Lipinski definition) is 1. The molecule has 0 aliphatic carbocycles. The van der Waals surface area contributed by atoms with Gasteiger partial charge >= 0.3 is 12.1 Å². The highest BCUT2D eigenvalue weighted by atomic mass is 16.6. The van der Waals surface area contributed by atoms with Crippen molar-refractivity contribution in [2.24, 2.45) is 0 Å². The number of amides is 1. The average Bonchev–Trinajstić information content (AvgIpc) is 2.89. The summed E-state index contributed by atoms with van der Waals surface area (Å²) < 4.78 is 10.7. The fraction of sp³-hybridized carbons (Fsp3) is 0.500. The van der Waals surface area contributed by atoms with Crippen LogP contribution in [0.25, 0.3) is 0 Å². The summed E-state index contributed by atoms with van der Waals surface area (Å²) in [6.45, 7) is 5.88. The number of carbonyl (C=O) groups is 2. The number of carbonyl (C=O) groups excluding carboxylic acids is 2. The first-order valence-electron chi connectivity index (χ1n) is 7.33. The van der Waals surface area contributed by atoms with E-state index in [2.05, 4.69) is 0 Å². The fourth-order valence-electron chi connectivity index (χ4n) is 2.27. The molecular weight excluding hydrogens is 284 g/mol. The number of nitrogen functional groups attached to an aromatic ring is 1. The first kappa shape index (κ1) is 16.1. The van der Waals surface area contributed by atoms with Crippen molar-refractivity contribution in [3.8, 4) is 5.75 Å². The highest BCUT2D eigenvalue weighted by molar-refractivity contribution is 5.83. The van der Waals surface area contributed by atoms with Crippen LogP contribution in [0.1, 0.15) is 33.6 Å². The van der Waals surface area contributed by atoms with Crippen LogP contribution in [0.15, 0.2) is 24.3 Å². The molecule has 6 nitrogen and oxygen atoms in total. The molecule has 1 aromatic rings. The zero-order chi connectivity index (χ0) is 16.3. The summed E-state index contributed by atoms with van der Waals surface area (Å²) in [6, 6.07) is 5.96. The maximum atomic E-state index is 12.3. The number of esters is 1. The van der Waals surface area contributed by atoms with Crippen LogP contribution in [0.2, 0.25) is 0 Å². The smallest absolute Gasteiger partial charge is 0.411 e. The molecule has 0 spiro atoms. The number of rotatable bonds is 2. The van der Waals surface area contributed by atoms with E-state index in [4.69, 9.17) is 15.2 Å². The lowest BCUT2D eigenvalue weighted by molar-refractivity contribution is -0.139. The molecule has 1 saturated heterocycles. The first-order valence-corrected chi connectivity index (χ1v) is 7.33. The molecular formula is C16H22N2O4. The van der Waals surface area contributed by atoms with Gasteiger partial charge in [-0.2, -0.15) is 0 Å². The molecule has 2 rings (SSSR count). The van der Waals surface area contributed by atoms with Crippen LogP contribution in [-0.4, -0.2) is 35.2 Å². The standard InChI is InChI=1S/C16H22N2O4/c1-16(2,3)22-15(20)18-10-4-5-13(18)14(19)21-12-8-6-11(17)7-9-12/h6-9,13H,4-5,10,17H2,1-3H3. The maximum absolute atomic E-state index is 12.3. The summed E-state index contributed by atoms with van der Waals surface area (Å²) in [5.41, 5.74) is 5.59. The molecule has 1 aliphatic heterocycles. The topological polar surface area (TPSA) is 81.9 Å². The van der Waals surface area contributed by atoms with E-state index < -0.39 is 23.7 Å². The third-order valence-electron chi connectivity index (χ3n) is 3.25. The van der Waals surface area contributed by atoms with Crippen molar-refractivity contribution < 1.29 is 19.1 Å². The number of nitrogens with two attached hydrogens (primary N) is 1. The number of nitrogens with zero attached hydrogens (tertiary/aromatic N) is 1. The van der Waals surface area contributed by atoms with E-state index >= 15 is 0 Å². The third-order valence-corrected chi connectivity index (χ3v) is 3.25. The monoisotopic (exact) mass is 306 g/mol. The largest absolute Gasteiger partial charge is 0.444 e. The van der Waals surface area contributed by atoms with Gasteiger partial charge < -0.3 is 15.2 Å². The first-order chi connectivity index (χ1) is 10.3. The fourth-order valence-corrected chi connectivity index (χ4v) is 2.27. The molecule has 1 fully saturated rings. The van der Waals surface area contributed by atoms with Crippen LogP contribution < -0.4 is 10.5 Å². The molecule has 6 heteroatoms. The van der Waals surface area contributed by atoms with Gasteiger partial charge in [0.05, 0.1) is 0 Å². The lowest BCUT2D eigenvalue weighted by Crippen LogP contribution is -2.44. The summed E-state index contributed by atoms with van der Waals surface area (Å²) in [4.78, 5) is 25.9. The summed E-state index contributed by atoms with van der Waals surface area (Å²) in [6.07, 6.45) is 0.845. The summed E-state index contributed by atoms with van der Waals surface area (Å²) >= 11 is 0. The van der Waals surface area contributed by atoms with Crippen molar-refractivity contribution in [1.29, 1.82) is 0 Å². The summed E-state index contributed by atoms with van der Waals surface area (Å²) in [5.74, 6) is -0.0385. The lowest BCUT2D eigenvalue weighted by atomic mass is 10.2. The highest BCUT2D eigenvalue weighted by Gasteiger charge is 2.37. The van der Waals surface area contributed by atoms with Gasteiger partial charge in [-0.3, -0.25) is 4.90 Å². The Hall–Kier alpha value is -2.24. The van der Waals surface area contributed by atoms with E-state index in [1.165, 1.54) is 4.90 Å². The van der Waals surface area contributed by atoms with E-state index in [-0.39, 0.29) is 0 Å². The summed E-state index contributed by atoms with van der Waals surface area (Å²) in [5, 5.41) is 0. The van der Waals surface area contributed by atoms with Crippen molar-refractivity contribution in [2.75, 3.05) is 12.3 Å². The Balaban J connectivity index is 2.01. The second-order valence-electron chi connectivity index (χ2n) is 6.32. The molecule has 2 N–H and O–H groups in total. The molecule has 0 radical (unpaired) electrons. The average molecular weight is 306 g/mol. The highest BCUT2D eigenvalue weighted by Crippen LogP contribution is 2.23. The SMILES string of the molecule is CC(C)(C)OC(=O)N1CCCC1C(=O)Oc1ccc(N)cc1. The van der Waals surface area contributed by atoms with Gasteiger partial charge in [-0.25, -0.2) is 9.59 Å². The molecule has 22 heavy (non-hydrogen) atoms. The Morgan fingerprint density at radius 1 is 1.23 bits per heavy atom. The predicted molar refractivity (Wildman–Crippen MR) is 82.5 cm³/mol. The van der Waals surface area contributed by atoms with Crippen molar-refractivity contribution in [1.82, 2.24) is 4.90 Å². The molecule has 1 heterocycles. The second kappa shape index (κ2) is 6.25. The van der Waals surface area contributed by atoms with E-state index in [9.17, 15) is 9.59 Å². The number of benzene rings is 1. The van der Waals surface area contributed by atoms with Gasteiger partial charge in [-0.1, -0.05) is 0 Å². The Morgan fingerprint density at radius 3 is 2.45 bits per heavy atom. The van der Waals surface area contributed by atoms with Crippen LogP contribution in [0.4, 0.5) is 10.5 Å². The number of ether oxygens (including phenoxy) is 2. The van der Waals surface area contributed by atoms with Gasteiger partial charge in [0.1, 0.15) is 17.4 Å². The van der Waals surface area contributed by atoms with E-state index in [1.807, 2.05) is 0 Å². The molecule has 1 aliphatic rings. The maximum Gasteiger partial charge on any atom is 0.411 e. The van der Waals surface area contributed by atoms with Crippen LogP contribution in [0.5, 0.6) is 5.75 Å². The van der Waals surface area contributed by atoms with Crippen molar-refractivity contribution in [2.45, 2.75) is 45.3 Å². The summed E-state index contributed by atoms with van der Waals surface area (Å²) in [7, 11) is 0. The molecule has 0 aromatic heterocycles.